The Morgan fingerprint density at radius 2 is 1.81 bits per heavy atom. The van der Waals surface area contributed by atoms with E-state index in [1.165, 1.54) is 0 Å². The average Bonchev–Trinajstić information content (AvgIpc) is 2.62. The van der Waals surface area contributed by atoms with Crippen LogP contribution in [0.25, 0.3) is 0 Å². The first-order chi connectivity index (χ1) is 9.82. The van der Waals surface area contributed by atoms with Gasteiger partial charge in [0.2, 0.25) is 10.0 Å². The van der Waals surface area contributed by atoms with E-state index in [0.29, 0.717) is 0 Å². The molecule has 118 valence electrons. The third-order valence-corrected chi connectivity index (χ3v) is 5.19. The molecule has 0 spiro atoms. The van der Waals surface area contributed by atoms with Gasteiger partial charge in [0.15, 0.2) is 4.90 Å². The van der Waals surface area contributed by atoms with Crippen molar-refractivity contribution in [2.24, 2.45) is 5.73 Å². The van der Waals surface area contributed by atoms with Gasteiger partial charge in [-0.25, -0.2) is 17.9 Å². The topological polar surface area (TPSA) is 138 Å². The van der Waals surface area contributed by atoms with Gasteiger partial charge in [0, 0.05) is 18.3 Å². The zero-order valence-electron chi connectivity index (χ0n) is 11.6. The zero-order valence-corrected chi connectivity index (χ0v) is 12.5. The lowest BCUT2D eigenvalue weighted by atomic mass is 9.92. The van der Waals surface area contributed by atoms with Crippen molar-refractivity contribution < 1.29 is 8.42 Å². The number of H-pyrrole nitrogens is 2. The second kappa shape index (κ2) is 6.12. The number of aromatic nitrogens is 2. The van der Waals surface area contributed by atoms with Gasteiger partial charge >= 0.3 is 5.69 Å². The van der Waals surface area contributed by atoms with Crippen molar-refractivity contribution in [2.75, 3.05) is 6.54 Å². The molecule has 1 saturated carbocycles. The molecule has 0 aliphatic heterocycles. The highest BCUT2D eigenvalue weighted by atomic mass is 32.2. The van der Waals surface area contributed by atoms with Crippen LogP contribution in [0.15, 0.2) is 20.7 Å². The fraction of sp³-hybridized carbons (Fsp3) is 0.667. The van der Waals surface area contributed by atoms with Gasteiger partial charge < -0.3 is 10.7 Å². The lowest BCUT2D eigenvalue weighted by Crippen LogP contribution is -2.50. The molecule has 2 rings (SSSR count). The lowest BCUT2D eigenvalue weighted by Gasteiger charge is -2.28. The molecule has 0 radical (unpaired) electrons. The summed E-state index contributed by atoms with van der Waals surface area (Å²) in [4.78, 5) is 26.0. The van der Waals surface area contributed by atoms with Crippen LogP contribution in [0.3, 0.4) is 0 Å². The predicted octanol–water partition coefficient (Wildman–Crippen LogP) is -0.607. The smallest absolute Gasteiger partial charge is 0.324 e. The fourth-order valence-corrected chi connectivity index (χ4v) is 3.67. The number of aromatic amines is 2. The van der Waals surface area contributed by atoms with Gasteiger partial charge in [-0.15, -0.1) is 0 Å². The first-order valence-corrected chi connectivity index (χ1v) is 8.41. The summed E-state index contributed by atoms with van der Waals surface area (Å²) >= 11 is 0. The molecular weight excluding hydrogens is 296 g/mol. The zero-order chi connectivity index (χ0) is 15.5. The molecular formula is C12H20N4O4S. The summed E-state index contributed by atoms with van der Waals surface area (Å²) in [7, 11) is -4.00. The molecule has 21 heavy (non-hydrogen) atoms. The molecule has 1 heterocycles. The average molecular weight is 316 g/mol. The number of hydrogen-bond donors (Lipinski definition) is 4. The molecule has 0 atom stereocenters. The van der Waals surface area contributed by atoms with Crippen LogP contribution in [0.5, 0.6) is 0 Å². The van der Waals surface area contributed by atoms with Crippen LogP contribution in [0.4, 0.5) is 0 Å². The Bertz CT molecular complexity index is 698. The molecule has 1 aromatic rings. The predicted molar refractivity (Wildman–Crippen MR) is 77.5 cm³/mol. The van der Waals surface area contributed by atoms with Crippen LogP contribution < -0.4 is 21.7 Å². The van der Waals surface area contributed by atoms with Crippen molar-refractivity contribution in [3.63, 3.8) is 0 Å². The molecule has 5 N–H and O–H groups in total. The van der Waals surface area contributed by atoms with Crippen LogP contribution in [0, 0.1) is 0 Å². The molecule has 0 unspecified atom stereocenters. The van der Waals surface area contributed by atoms with Crippen molar-refractivity contribution in [2.45, 2.75) is 49.0 Å². The van der Waals surface area contributed by atoms with Crippen molar-refractivity contribution in [3.05, 3.63) is 27.0 Å². The number of rotatable bonds is 4. The Kier molecular flexibility index (Phi) is 4.64. The Hall–Kier alpha value is -1.45. The van der Waals surface area contributed by atoms with Gasteiger partial charge in [-0.1, -0.05) is 25.7 Å². The minimum Gasteiger partial charge on any atom is -0.324 e. The first kappa shape index (κ1) is 15.9. The monoisotopic (exact) mass is 316 g/mol. The number of nitrogens with two attached hydrogens (primary N) is 1. The van der Waals surface area contributed by atoms with E-state index in [0.717, 1.165) is 44.7 Å². The van der Waals surface area contributed by atoms with E-state index < -0.39 is 31.7 Å². The van der Waals surface area contributed by atoms with Gasteiger partial charge in [-0.2, -0.15) is 0 Å². The SMILES string of the molecule is NC1(CNS(=O)(=O)c2c[nH]c(=O)[nH]c2=O)CCCCCC1. The molecule has 1 aliphatic rings. The van der Waals surface area contributed by atoms with Gasteiger partial charge in [0.1, 0.15) is 0 Å². The van der Waals surface area contributed by atoms with E-state index in [1.54, 1.807) is 0 Å². The summed E-state index contributed by atoms with van der Waals surface area (Å²) in [6.07, 6.45) is 6.53. The maximum Gasteiger partial charge on any atom is 0.325 e. The lowest BCUT2D eigenvalue weighted by molar-refractivity contribution is 0.369. The highest BCUT2D eigenvalue weighted by Crippen LogP contribution is 2.24. The quantitative estimate of drug-likeness (QED) is 0.549. The fourth-order valence-electron chi connectivity index (χ4n) is 2.52. The second-order valence-electron chi connectivity index (χ2n) is 5.54. The highest BCUT2D eigenvalue weighted by Gasteiger charge is 2.29. The number of sulfonamides is 1. The molecule has 1 aliphatic carbocycles. The molecule has 9 heteroatoms. The molecule has 0 amide bonds. The Labute approximate surface area is 122 Å². The van der Waals surface area contributed by atoms with E-state index in [-0.39, 0.29) is 6.54 Å². The molecule has 0 bridgehead atoms. The minimum absolute atomic E-state index is 0.0773. The Balaban J connectivity index is 2.14. The summed E-state index contributed by atoms with van der Waals surface area (Å²) in [5.74, 6) is 0. The normalized spacial score (nSPS) is 19.1. The Morgan fingerprint density at radius 3 is 2.38 bits per heavy atom. The summed E-state index contributed by atoms with van der Waals surface area (Å²) in [5, 5.41) is 0. The minimum atomic E-state index is -4.00. The van der Waals surface area contributed by atoms with E-state index in [1.807, 2.05) is 4.98 Å². The van der Waals surface area contributed by atoms with Crippen molar-refractivity contribution >= 4 is 10.0 Å². The van der Waals surface area contributed by atoms with Crippen molar-refractivity contribution in [3.8, 4) is 0 Å². The van der Waals surface area contributed by atoms with E-state index in [2.05, 4.69) is 9.71 Å². The van der Waals surface area contributed by atoms with Gasteiger partial charge in [-0.05, 0) is 12.8 Å². The van der Waals surface area contributed by atoms with Crippen molar-refractivity contribution in [1.29, 1.82) is 0 Å². The molecule has 1 aromatic heterocycles. The maximum atomic E-state index is 12.1. The number of hydrogen-bond acceptors (Lipinski definition) is 5. The number of nitrogens with one attached hydrogen (secondary N) is 3. The third kappa shape index (κ3) is 4.02. The molecule has 0 aromatic carbocycles. The molecule has 1 fully saturated rings. The summed E-state index contributed by atoms with van der Waals surface area (Å²) < 4.78 is 26.6. The summed E-state index contributed by atoms with van der Waals surface area (Å²) in [6.45, 7) is 0.0773. The van der Waals surface area contributed by atoms with Gasteiger partial charge in [0.05, 0.1) is 0 Å². The summed E-state index contributed by atoms with van der Waals surface area (Å²) in [5.41, 5.74) is 3.95. The Morgan fingerprint density at radius 1 is 1.19 bits per heavy atom. The second-order valence-corrected chi connectivity index (χ2v) is 7.27. The van der Waals surface area contributed by atoms with Crippen LogP contribution in [0.1, 0.15) is 38.5 Å². The summed E-state index contributed by atoms with van der Waals surface area (Å²) in [6, 6.07) is 0. The van der Waals surface area contributed by atoms with Crippen molar-refractivity contribution in [1.82, 2.24) is 14.7 Å². The van der Waals surface area contributed by atoms with Gasteiger partial charge in [-0.3, -0.25) is 9.78 Å². The largest absolute Gasteiger partial charge is 0.325 e. The van der Waals surface area contributed by atoms with E-state index in [4.69, 9.17) is 5.73 Å². The van der Waals surface area contributed by atoms with E-state index in [9.17, 15) is 18.0 Å². The van der Waals surface area contributed by atoms with Crippen LogP contribution in [-0.4, -0.2) is 30.5 Å². The standard InChI is InChI=1S/C12H20N4O4S/c13-12(5-3-1-2-4-6-12)8-15-21(19,20)9-7-14-11(18)16-10(9)17/h7,15H,1-6,8,13H2,(H2,14,16,17,18). The third-order valence-electron chi connectivity index (χ3n) is 3.79. The molecule has 8 nitrogen and oxygen atoms in total. The maximum absolute atomic E-state index is 12.1. The molecule has 0 saturated heterocycles. The van der Waals surface area contributed by atoms with Crippen LogP contribution in [-0.2, 0) is 10.0 Å². The van der Waals surface area contributed by atoms with Crippen LogP contribution in [0.2, 0.25) is 0 Å². The first-order valence-electron chi connectivity index (χ1n) is 6.93. The van der Waals surface area contributed by atoms with E-state index >= 15 is 0 Å². The van der Waals surface area contributed by atoms with Gasteiger partial charge in [0.25, 0.3) is 5.56 Å². The highest BCUT2D eigenvalue weighted by molar-refractivity contribution is 7.89. The van der Waals surface area contributed by atoms with Crippen LogP contribution >= 0.6 is 0 Å².